The Morgan fingerprint density at radius 3 is 2.71 bits per heavy atom. The van der Waals surface area contributed by atoms with Crippen molar-refractivity contribution in [3.05, 3.63) is 47.4 Å². The average Bonchev–Trinajstić information content (AvgIpc) is 2.53. The first-order valence-corrected chi connectivity index (χ1v) is 6.81. The molecule has 0 saturated heterocycles. The van der Waals surface area contributed by atoms with Gasteiger partial charge in [0.25, 0.3) is 0 Å². The van der Waals surface area contributed by atoms with E-state index in [0.717, 1.165) is 24.2 Å². The van der Waals surface area contributed by atoms with E-state index in [2.05, 4.69) is 9.88 Å². The Morgan fingerprint density at radius 2 is 1.95 bits per heavy atom. The Labute approximate surface area is 123 Å². The van der Waals surface area contributed by atoms with Crippen LogP contribution in [-0.2, 0) is 13.0 Å². The highest BCUT2D eigenvalue weighted by atomic mass is 19.1. The van der Waals surface area contributed by atoms with Crippen LogP contribution >= 0.6 is 0 Å². The van der Waals surface area contributed by atoms with Crippen LogP contribution in [0.1, 0.15) is 11.1 Å². The fraction of sp³-hybridized carbons (Fsp3) is 0.312. The lowest BCUT2D eigenvalue weighted by molar-refractivity contribution is 0.396. The van der Waals surface area contributed by atoms with Crippen molar-refractivity contribution in [2.75, 3.05) is 25.7 Å². The predicted molar refractivity (Wildman–Crippen MR) is 78.5 cm³/mol. The molecule has 1 aliphatic rings. The number of pyridine rings is 1. The second kappa shape index (κ2) is 5.60. The lowest BCUT2D eigenvalue weighted by atomic mass is 10.0. The van der Waals surface area contributed by atoms with Gasteiger partial charge in [0, 0.05) is 43.2 Å². The Kier molecular flexibility index (Phi) is 3.64. The van der Waals surface area contributed by atoms with Crippen LogP contribution in [0.25, 0.3) is 0 Å². The van der Waals surface area contributed by atoms with Crippen LogP contribution < -0.4 is 14.4 Å². The van der Waals surface area contributed by atoms with Gasteiger partial charge in [0.15, 0.2) is 0 Å². The zero-order valence-electron chi connectivity index (χ0n) is 12.1. The van der Waals surface area contributed by atoms with Gasteiger partial charge >= 0.3 is 0 Å². The van der Waals surface area contributed by atoms with Crippen molar-refractivity contribution in [3.8, 4) is 11.6 Å². The number of nitrogens with zero attached hydrogens (tertiary/aromatic N) is 2. The Hall–Kier alpha value is -2.30. The largest absolute Gasteiger partial charge is 0.497 e. The highest BCUT2D eigenvalue weighted by molar-refractivity contribution is 5.53. The number of hydrogen-bond donors (Lipinski definition) is 0. The van der Waals surface area contributed by atoms with Crippen LogP contribution in [0.3, 0.4) is 0 Å². The average molecular weight is 288 g/mol. The first-order chi connectivity index (χ1) is 10.2. The molecule has 1 aromatic heterocycles. The molecule has 0 atom stereocenters. The highest BCUT2D eigenvalue weighted by Crippen LogP contribution is 2.29. The van der Waals surface area contributed by atoms with Crippen molar-refractivity contribution in [2.24, 2.45) is 0 Å². The molecule has 1 aromatic carbocycles. The van der Waals surface area contributed by atoms with E-state index in [-0.39, 0.29) is 5.82 Å². The van der Waals surface area contributed by atoms with Crippen molar-refractivity contribution in [1.82, 2.24) is 4.98 Å². The van der Waals surface area contributed by atoms with Gasteiger partial charge in [-0.15, -0.1) is 0 Å². The fourth-order valence-corrected chi connectivity index (χ4v) is 2.60. The van der Waals surface area contributed by atoms with E-state index in [1.165, 1.54) is 17.7 Å². The SMILES string of the molecule is COc1cc(F)cc(N2CCc3cc(OC)ncc3C2)c1. The third-order valence-electron chi connectivity index (χ3n) is 3.74. The molecule has 0 amide bonds. The molecule has 3 rings (SSSR count). The van der Waals surface area contributed by atoms with Gasteiger partial charge < -0.3 is 14.4 Å². The Balaban J connectivity index is 1.87. The van der Waals surface area contributed by atoms with Crippen LogP contribution in [0.4, 0.5) is 10.1 Å². The second-order valence-corrected chi connectivity index (χ2v) is 5.02. The molecule has 21 heavy (non-hydrogen) atoms. The lowest BCUT2D eigenvalue weighted by Gasteiger charge is -2.30. The molecular weight excluding hydrogens is 271 g/mol. The summed E-state index contributed by atoms with van der Waals surface area (Å²) in [4.78, 5) is 6.37. The Bertz CT molecular complexity index is 661. The molecule has 0 aliphatic carbocycles. The topological polar surface area (TPSA) is 34.6 Å². The monoisotopic (exact) mass is 288 g/mol. The quantitative estimate of drug-likeness (QED) is 0.870. The predicted octanol–water partition coefficient (Wildman–Crippen LogP) is 2.80. The number of methoxy groups -OCH3 is 2. The maximum Gasteiger partial charge on any atom is 0.213 e. The summed E-state index contributed by atoms with van der Waals surface area (Å²) in [7, 11) is 3.16. The zero-order chi connectivity index (χ0) is 14.8. The van der Waals surface area contributed by atoms with E-state index >= 15 is 0 Å². The summed E-state index contributed by atoms with van der Waals surface area (Å²) >= 11 is 0. The van der Waals surface area contributed by atoms with Gasteiger partial charge in [0.05, 0.1) is 14.2 Å². The van der Waals surface area contributed by atoms with Crippen molar-refractivity contribution in [3.63, 3.8) is 0 Å². The van der Waals surface area contributed by atoms with Gasteiger partial charge in [-0.3, -0.25) is 0 Å². The number of ether oxygens (including phenoxy) is 2. The molecule has 110 valence electrons. The standard InChI is InChI=1S/C16H17FN2O2/c1-20-15-7-13(17)6-14(8-15)19-4-3-11-5-16(21-2)18-9-12(11)10-19/h5-9H,3-4,10H2,1-2H3. The summed E-state index contributed by atoms with van der Waals surface area (Å²) in [6.45, 7) is 1.53. The molecule has 5 heteroatoms. The third-order valence-corrected chi connectivity index (χ3v) is 3.74. The molecule has 0 radical (unpaired) electrons. The van der Waals surface area contributed by atoms with E-state index in [0.29, 0.717) is 18.2 Å². The number of hydrogen-bond acceptors (Lipinski definition) is 4. The first-order valence-electron chi connectivity index (χ1n) is 6.81. The van der Waals surface area contributed by atoms with E-state index < -0.39 is 0 Å². The van der Waals surface area contributed by atoms with E-state index in [1.807, 2.05) is 18.3 Å². The molecule has 1 aliphatic heterocycles. The van der Waals surface area contributed by atoms with Gasteiger partial charge in [-0.1, -0.05) is 0 Å². The summed E-state index contributed by atoms with van der Waals surface area (Å²) in [5, 5.41) is 0. The number of halogens is 1. The van der Waals surface area contributed by atoms with Crippen molar-refractivity contribution in [1.29, 1.82) is 0 Å². The Morgan fingerprint density at radius 1 is 1.10 bits per heavy atom. The molecule has 0 unspecified atom stereocenters. The maximum absolute atomic E-state index is 13.6. The molecule has 0 saturated carbocycles. The summed E-state index contributed by atoms with van der Waals surface area (Å²) in [5.41, 5.74) is 3.21. The van der Waals surface area contributed by atoms with Gasteiger partial charge in [-0.05, 0) is 23.6 Å². The van der Waals surface area contributed by atoms with E-state index in [9.17, 15) is 4.39 Å². The van der Waals surface area contributed by atoms with Gasteiger partial charge in [-0.2, -0.15) is 0 Å². The van der Waals surface area contributed by atoms with Crippen LogP contribution in [0.15, 0.2) is 30.5 Å². The number of anilines is 1. The van der Waals surface area contributed by atoms with Gasteiger partial charge in [-0.25, -0.2) is 9.37 Å². The third kappa shape index (κ3) is 2.77. The summed E-state index contributed by atoms with van der Waals surface area (Å²) < 4.78 is 23.9. The van der Waals surface area contributed by atoms with Gasteiger partial charge in [0.2, 0.25) is 5.88 Å². The number of aromatic nitrogens is 1. The van der Waals surface area contributed by atoms with Crippen LogP contribution in [-0.4, -0.2) is 25.7 Å². The number of rotatable bonds is 3. The number of benzene rings is 1. The summed E-state index contributed by atoms with van der Waals surface area (Å²) in [5.74, 6) is 0.876. The smallest absolute Gasteiger partial charge is 0.213 e. The lowest BCUT2D eigenvalue weighted by Crippen LogP contribution is -2.30. The van der Waals surface area contributed by atoms with E-state index in [4.69, 9.17) is 9.47 Å². The van der Waals surface area contributed by atoms with Crippen LogP contribution in [0.2, 0.25) is 0 Å². The van der Waals surface area contributed by atoms with Crippen LogP contribution in [0.5, 0.6) is 11.6 Å². The molecule has 4 nitrogen and oxygen atoms in total. The molecule has 2 aromatic rings. The fourth-order valence-electron chi connectivity index (χ4n) is 2.60. The highest BCUT2D eigenvalue weighted by Gasteiger charge is 2.18. The van der Waals surface area contributed by atoms with Crippen LogP contribution in [0, 0.1) is 5.82 Å². The molecule has 0 fully saturated rings. The minimum Gasteiger partial charge on any atom is -0.497 e. The van der Waals surface area contributed by atoms with Gasteiger partial charge in [0.1, 0.15) is 11.6 Å². The first kappa shape index (κ1) is 13.7. The molecule has 0 N–H and O–H groups in total. The summed E-state index contributed by atoms with van der Waals surface area (Å²) in [6.07, 6.45) is 2.71. The van der Waals surface area contributed by atoms with Crippen molar-refractivity contribution >= 4 is 5.69 Å². The molecular formula is C16H17FN2O2. The molecule has 0 bridgehead atoms. The normalized spacial score (nSPS) is 13.8. The molecule has 0 spiro atoms. The van der Waals surface area contributed by atoms with Crippen molar-refractivity contribution in [2.45, 2.75) is 13.0 Å². The minimum absolute atomic E-state index is 0.289. The zero-order valence-corrected chi connectivity index (χ0v) is 12.1. The van der Waals surface area contributed by atoms with Crippen molar-refractivity contribution < 1.29 is 13.9 Å². The summed E-state index contributed by atoms with van der Waals surface area (Å²) in [6, 6.07) is 6.74. The number of fused-ring (bicyclic) bond motifs is 1. The van der Waals surface area contributed by atoms with E-state index in [1.54, 1.807) is 14.2 Å². The second-order valence-electron chi connectivity index (χ2n) is 5.02. The molecule has 2 heterocycles. The maximum atomic E-state index is 13.6. The minimum atomic E-state index is -0.289.